The van der Waals surface area contributed by atoms with Gasteiger partial charge in [0, 0.05) is 0 Å². The van der Waals surface area contributed by atoms with Gasteiger partial charge in [0.25, 0.3) is 0 Å². The number of hydrogen-bond acceptors (Lipinski definition) is 0. The predicted octanol–water partition coefficient (Wildman–Crippen LogP) is 3.04. The Morgan fingerprint density at radius 3 is 2.80 bits per heavy atom. The van der Waals surface area contributed by atoms with Gasteiger partial charge in [-0.3, -0.25) is 0 Å². The molecule has 1 aliphatic rings. The third-order valence-corrected chi connectivity index (χ3v) is 1.65. The van der Waals surface area contributed by atoms with E-state index in [0.29, 0.717) is 0 Å². The van der Waals surface area contributed by atoms with Crippen molar-refractivity contribution in [1.29, 1.82) is 0 Å². The van der Waals surface area contributed by atoms with Gasteiger partial charge in [-0.15, -0.1) is 11.6 Å². The summed E-state index contributed by atoms with van der Waals surface area (Å²) in [5.41, 5.74) is 0. The Hall–Kier alpha value is 0.393. The van der Waals surface area contributed by atoms with Crippen molar-refractivity contribution in [3.05, 3.63) is 23.3 Å². The van der Waals surface area contributed by atoms with Crippen LogP contribution in [0.25, 0.3) is 0 Å². The fourth-order valence-corrected chi connectivity index (χ4v) is 1.03. The third-order valence-electron chi connectivity index (χ3n) is 1.32. The van der Waals surface area contributed by atoms with E-state index in [-0.39, 0.29) is 19.5 Å². The zero-order chi connectivity index (χ0) is 6.53. The van der Waals surface area contributed by atoms with Gasteiger partial charge in [0.05, 0.1) is 0 Å². The van der Waals surface area contributed by atoms with E-state index in [4.69, 9.17) is 11.6 Å². The molecule has 0 saturated heterocycles. The molecule has 0 unspecified atom stereocenters. The average Bonchev–Trinajstić information content (AvgIpc) is 1.79. The van der Waals surface area contributed by atoms with Crippen LogP contribution in [0.4, 0.5) is 0 Å². The van der Waals surface area contributed by atoms with Crippen molar-refractivity contribution >= 4 is 11.6 Å². The summed E-state index contributed by atoms with van der Waals surface area (Å²) in [4.78, 5) is 0. The zero-order valence-corrected chi connectivity index (χ0v) is 8.21. The quantitative estimate of drug-likeness (QED) is 0.348. The van der Waals surface area contributed by atoms with Crippen LogP contribution in [0.2, 0.25) is 0 Å². The summed E-state index contributed by atoms with van der Waals surface area (Å²) in [7, 11) is 0. The Morgan fingerprint density at radius 1 is 1.30 bits per heavy atom. The van der Waals surface area contributed by atoms with E-state index < -0.39 is 0 Å². The van der Waals surface area contributed by atoms with Gasteiger partial charge in [-0.25, -0.2) is 0 Å². The molecule has 0 amide bonds. The predicted molar refractivity (Wildman–Crippen MR) is 40.2 cm³/mol. The minimum absolute atomic E-state index is 0. The fraction of sp³-hybridized carbons (Fsp3) is 0.500. The molecule has 0 aromatic heterocycles. The summed E-state index contributed by atoms with van der Waals surface area (Å²) in [6.07, 6.45) is 11.6. The molecule has 0 nitrogen and oxygen atoms in total. The topological polar surface area (TPSA) is 0 Å². The van der Waals surface area contributed by atoms with Crippen molar-refractivity contribution in [2.45, 2.75) is 25.7 Å². The summed E-state index contributed by atoms with van der Waals surface area (Å²) in [5, 5.41) is 0.902. The molecule has 0 heterocycles. The van der Waals surface area contributed by atoms with E-state index in [1.165, 1.54) is 0 Å². The molecular weight excluding hydrogens is 233 g/mol. The van der Waals surface area contributed by atoms with Crippen LogP contribution in [0.3, 0.4) is 0 Å². The summed E-state index contributed by atoms with van der Waals surface area (Å²) < 4.78 is 0. The van der Waals surface area contributed by atoms with Gasteiger partial charge in [-0.1, -0.05) is 18.6 Å². The van der Waals surface area contributed by atoms with Crippen LogP contribution in [0, 0.1) is 6.08 Å². The second kappa shape index (κ2) is 6.13. The molecule has 1 aliphatic carbocycles. The molecule has 1 radical (unpaired) electrons. The normalized spacial score (nSPS) is 18.3. The Morgan fingerprint density at radius 2 is 2.00 bits per heavy atom. The summed E-state index contributed by atoms with van der Waals surface area (Å²) in [5.74, 6) is 0. The second-order valence-corrected chi connectivity index (χ2v) is 2.59. The Kier molecular flexibility index (Phi) is 6.37. The van der Waals surface area contributed by atoms with Crippen molar-refractivity contribution in [3.8, 4) is 0 Å². The van der Waals surface area contributed by atoms with Gasteiger partial charge in [0.1, 0.15) is 0 Å². The van der Waals surface area contributed by atoms with Gasteiger partial charge in [0.15, 0.2) is 0 Å². The van der Waals surface area contributed by atoms with Crippen LogP contribution in [-0.2, 0) is 19.5 Å². The minimum Gasteiger partial charge on any atom is -0.481 e. The molecule has 0 N–H and O–H groups in total. The van der Waals surface area contributed by atoms with E-state index in [0.717, 1.165) is 30.7 Å². The SMILES string of the molecule is ClC1=[C-]CCC=CCC1.[Ru+]. The largest absolute Gasteiger partial charge is 1.00 e. The Labute approximate surface area is 80.1 Å². The van der Waals surface area contributed by atoms with Gasteiger partial charge in [0.2, 0.25) is 0 Å². The van der Waals surface area contributed by atoms with Crippen LogP contribution in [-0.4, -0.2) is 0 Å². The summed E-state index contributed by atoms with van der Waals surface area (Å²) in [6, 6.07) is 0. The number of hydrogen-bond donors (Lipinski definition) is 0. The van der Waals surface area contributed by atoms with Crippen molar-refractivity contribution < 1.29 is 19.5 Å². The first-order valence-corrected chi connectivity index (χ1v) is 3.67. The smallest absolute Gasteiger partial charge is 0.481 e. The van der Waals surface area contributed by atoms with Crippen molar-refractivity contribution in [2.24, 2.45) is 0 Å². The maximum atomic E-state index is 5.77. The molecule has 1 rings (SSSR count). The minimum atomic E-state index is 0. The fourth-order valence-electron chi connectivity index (χ4n) is 0.825. The molecule has 0 aromatic rings. The Balaban J connectivity index is 0.000000810. The zero-order valence-electron chi connectivity index (χ0n) is 5.71. The first-order chi connectivity index (χ1) is 4.39. The third kappa shape index (κ3) is 4.25. The van der Waals surface area contributed by atoms with Crippen LogP contribution in [0.5, 0.6) is 0 Å². The monoisotopic (exact) mass is 243 g/mol. The number of allylic oxidation sites excluding steroid dienone is 4. The van der Waals surface area contributed by atoms with E-state index in [9.17, 15) is 0 Å². The number of rotatable bonds is 0. The van der Waals surface area contributed by atoms with Crippen molar-refractivity contribution in [2.75, 3.05) is 0 Å². The summed E-state index contributed by atoms with van der Waals surface area (Å²) >= 11 is 5.77. The molecule has 0 aromatic carbocycles. The number of halogens is 1. The first kappa shape index (κ1) is 10.4. The average molecular weight is 243 g/mol. The molecule has 0 atom stereocenters. The second-order valence-electron chi connectivity index (χ2n) is 2.13. The van der Waals surface area contributed by atoms with E-state index in [2.05, 4.69) is 18.2 Å². The van der Waals surface area contributed by atoms with Gasteiger partial charge in [-0.05, 0) is 12.8 Å². The van der Waals surface area contributed by atoms with E-state index in [1.54, 1.807) is 0 Å². The first-order valence-electron chi connectivity index (χ1n) is 3.30. The van der Waals surface area contributed by atoms with Crippen molar-refractivity contribution in [3.63, 3.8) is 0 Å². The molecular formula is C8H10ClRu. The van der Waals surface area contributed by atoms with Crippen LogP contribution >= 0.6 is 11.6 Å². The molecule has 0 spiro atoms. The molecule has 57 valence electrons. The maximum Gasteiger partial charge on any atom is 1.00 e. The molecule has 0 bridgehead atoms. The van der Waals surface area contributed by atoms with E-state index in [1.807, 2.05) is 0 Å². The summed E-state index contributed by atoms with van der Waals surface area (Å²) in [6.45, 7) is 0. The maximum absolute atomic E-state index is 5.77. The van der Waals surface area contributed by atoms with Crippen molar-refractivity contribution in [1.82, 2.24) is 0 Å². The molecule has 0 saturated carbocycles. The molecule has 2 heteroatoms. The Bertz CT molecular complexity index is 138. The van der Waals surface area contributed by atoms with E-state index >= 15 is 0 Å². The molecule has 0 aliphatic heterocycles. The van der Waals surface area contributed by atoms with Gasteiger partial charge in [-0.2, -0.15) is 11.5 Å². The molecule has 0 fully saturated rings. The standard InChI is InChI=1S/C8H10Cl.Ru/c9-8-6-4-2-1-3-5-7-8;/h1-2H,3-6H2;/q-1;+1. The van der Waals surface area contributed by atoms with Crippen LogP contribution in [0.1, 0.15) is 25.7 Å². The van der Waals surface area contributed by atoms with Crippen LogP contribution < -0.4 is 0 Å². The van der Waals surface area contributed by atoms with Gasteiger partial charge >= 0.3 is 19.5 Å². The van der Waals surface area contributed by atoms with Gasteiger partial charge < -0.3 is 6.08 Å². The molecule has 10 heavy (non-hydrogen) atoms. The van der Waals surface area contributed by atoms with Crippen LogP contribution in [0.15, 0.2) is 17.2 Å².